The molecule has 0 spiro atoms. The highest BCUT2D eigenvalue weighted by atomic mass is 32.2. The first-order valence-corrected chi connectivity index (χ1v) is 13.0. The average Bonchev–Trinajstić information content (AvgIpc) is 3.01. The maximum atomic E-state index is 13.5. The molecule has 5 rings (SSSR count). The van der Waals surface area contributed by atoms with E-state index in [9.17, 15) is 14.7 Å². The monoisotopic (exact) mass is 479 g/mol. The topological polar surface area (TPSA) is 64.1 Å². The first-order chi connectivity index (χ1) is 16.0. The average molecular weight is 480 g/mol. The number of hydrogen-bond acceptors (Lipinski definition) is 7. The predicted octanol–water partition coefficient (Wildman–Crippen LogP) is 3.97. The highest BCUT2D eigenvalue weighted by molar-refractivity contribution is 7.99. The molecular formula is C25H25N3O3S2. The molecule has 0 aliphatic carbocycles. The van der Waals surface area contributed by atoms with E-state index < -0.39 is 11.5 Å². The van der Waals surface area contributed by atoms with E-state index in [2.05, 4.69) is 41.9 Å². The van der Waals surface area contributed by atoms with Crippen molar-refractivity contribution in [2.75, 3.05) is 25.1 Å². The fourth-order valence-electron chi connectivity index (χ4n) is 4.83. The van der Waals surface area contributed by atoms with Crippen molar-refractivity contribution in [1.29, 1.82) is 0 Å². The minimum atomic E-state index is -0.660. The van der Waals surface area contributed by atoms with Gasteiger partial charge in [0.15, 0.2) is 11.5 Å². The lowest BCUT2D eigenvalue weighted by atomic mass is 9.93. The third-order valence-corrected chi connectivity index (χ3v) is 8.54. The molecule has 1 N–H and O–H groups in total. The van der Waals surface area contributed by atoms with Crippen molar-refractivity contribution in [2.45, 2.75) is 22.9 Å². The van der Waals surface area contributed by atoms with Crippen LogP contribution < -0.4 is 0 Å². The summed E-state index contributed by atoms with van der Waals surface area (Å²) < 4.78 is 0. The summed E-state index contributed by atoms with van der Waals surface area (Å²) in [5, 5.41) is 14.6. The van der Waals surface area contributed by atoms with E-state index in [1.54, 1.807) is 17.0 Å². The molecule has 2 aromatic carbocycles. The Morgan fingerprint density at radius 2 is 1.88 bits per heavy atom. The van der Waals surface area contributed by atoms with Crippen LogP contribution >= 0.6 is 23.5 Å². The van der Waals surface area contributed by atoms with E-state index in [-0.39, 0.29) is 23.8 Å². The fraction of sp³-hybridized carbons (Fsp3) is 0.280. The van der Waals surface area contributed by atoms with Crippen LogP contribution in [0.15, 0.2) is 77.5 Å². The molecule has 0 bridgehead atoms. The van der Waals surface area contributed by atoms with Gasteiger partial charge < -0.3 is 10.0 Å². The number of fused-ring (bicyclic) bond motifs is 3. The molecule has 2 fully saturated rings. The summed E-state index contributed by atoms with van der Waals surface area (Å²) in [6.07, 6.45) is 0.838. The van der Waals surface area contributed by atoms with Crippen molar-refractivity contribution >= 4 is 35.2 Å². The van der Waals surface area contributed by atoms with Crippen LogP contribution in [-0.4, -0.2) is 63.0 Å². The van der Waals surface area contributed by atoms with Crippen LogP contribution in [0.5, 0.6) is 0 Å². The van der Waals surface area contributed by atoms with Gasteiger partial charge >= 0.3 is 0 Å². The molecular weight excluding hydrogens is 454 g/mol. The molecule has 8 heteroatoms. The fourth-order valence-corrected chi connectivity index (χ4v) is 6.96. The van der Waals surface area contributed by atoms with Crippen LogP contribution in [-0.2, 0) is 15.3 Å². The molecule has 0 saturated carbocycles. The van der Waals surface area contributed by atoms with Crippen molar-refractivity contribution in [3.05, 3.63) is 89.3 Å². The van der Waals surface area contributed by atoms with Gasteiger partial charge in [0.05, 0.1) is 6.04 Å². The minimum absolute atomic E-state index is 0.00471. The van der Waals surface area contributed by atoms with Gasteiger partial charge in [-0.15, -0.1) is 11.8 Å². The van der Waals surface area contributed by atoms with Crippen molar-refractivity contribution in [3.63, 3.8) is 0 Å². The Labute approximate surface area is 201 Å². The van der Waals surface area contributed by atoms with E-state index in [1.165, 1.54) is 16.0 Å². The van der Waals surface area contributed by atoms with Gasteiger partial charge in [0.25, 0.3) is 5.91 Å². The molecule has 0 unspecified atom stereocenters. The lowest BCUT2D eigenvalue weighted by Crippen LogP contribution is -2.66. The number of nitrogens with zero attached hydrogens (tertiary/aromatic N) is 3. The number of amides is 1. The summed E-state index contributed by atoms with van der Waals surface area (Å²) in [4.78, 5) is 28.8. The summed E-state index contributed by atoms with van der Waals surface area (Å²) in [5.41, 5.74) is 3.55. The number of rotatable bonds is 3. The Morgan fingerprint density at radius 1 is 1.15 bits per heavy atom. The number of allylic oxidation sites excluding steroid dienone is 1. The number of carbonyl (C=O) groups excluding carboxylic acids is 2. The van der Waals surface area contributed by atoms with Gasteiger partial charge in [-0.05, 0) is 28.8 Å². The lowest BCUT2D eigenvalue weighted by molar-refractivity contribution is -0.166. The van der Waals surface area contributed by atoms with Crippen LogP contribution in [0.3, 0.4) is 0 Å². The van der Waals surface area contributed by atoms with E-state index in [0.29, 0.717) is 6.54 Å². The van der Waals surface area contributed by atoms with Crippen LogP contribution in [0.25, 0.3) is 0 Å². The van der Waals surface area contributed by atoms with Crippen molar-refractivity contribution in [2.24, 2.45) is 0 Å². The second kappa shape index (κ2) is 8.93. The zero-order valence-corrected chi connectivity index (χ0v) is 19.9. The number of carbonyl (C=O) groups is 2. The Bertz CT molecular complexity index is 1120. The minimum Gasteiger partial charge on any atom is -0.503 e. The third-order valence-electron chi connectivity index (χ3n) is 6.40. The smallest absolute Gasteiger partial charge is 0.276 e. The molecule has 2 atom stereocenters. The molecule has 2 saturated heterocycles. The zero-order valence-electron chi connectivity index (χ0n) is 18.3. The Balaban J connectivity index is 1.74. The van der Waals surface area contributed by atoms with E-state index in [1.807, 2.05) is 41.7 Å². The molecule has 6 nitrogen and oxygen atoms in total. The maximum absolute atomic E-state index is 13.5. The van der Waals surface area contributed by atoms with Crippen LogP contribution in [0.1, 0.15) is 22.7 Å². The number of hydrazine groups is 1. The van der Waals surface area contributed by atoms with E-state index in [0.717, 1.165) is 28.9 Å². The summed E-state index contributed by atoms with van der Waals surface area (Å²) in [7, 11) is 1.76. The lowest BCUT2D eigenvalue weighted by Gasteiger charge is -2.54. The van der Waals surface area contributed by atoms with Gasteiger partial charge in [-0.3, -0.25) is 14.6 Å². The first kappa shape index (κ1) is 22.1. The third kappa shape index (κ3) is 3.66. The molecule has 170 valence electrons. The highest BCUT2D eigenvalue weighted by Gasteiger charge is 2.48. The number of aliphatic hydroxyl groups excluding tert-OH is 1. The van der Waals surface area contributed by atoms with Crippen LogP contribution in [0.4, 0.5) is 0 Å². The van der Waals surface area contributed by atoms with Gasteiger partial charge in [-0.25, -0.2) is 0 Å². The number of benzene rings is 2. The predicted molar refractivity (Wildman–Crippen MR) is 132 cm³/mol. The summed E-state index contributed by atoms with van der Waals surface area (Å²) >= 11 is 3.62. The number of ketones is 1. The van der Waals surface area contributed by atoms with Gasteiger partial charge in [0.1, 0.15) is 6.17 Å². The van der Waals surface area contributed by atoms with Gasteiger partial charge in [0.2, 0.25) is 5.78 Å². The normalized spacial score (nSPS) is 24.3. The molecule has 3 aliphatic rings. The van der Waals surface area contributed by atoms with Crippen molar-refractivity contribution in [3.8, 4) is 0 Å². The second-order valence-corrected chi connectivity index (χ2v) is 10.3. The van der Waals surface area contributed by atoms with Crippen LogP contribution in [0, 0.1) is 0 Å². The number of hydrogen-bond donors (Lipinski definition) is 1. The van der Waals surface area contributed by atoms with Crippen LogP contribution in [0.2, 0.25) is 0 Å². The van der Waals surface area contributed by atoms with Gasteiger partial charge in [-0.2, -0.15) is 16.8 Å². The molecule has 2 aromatic rings. The Morgan fingerprint density at radius 3 is 2.67 bits per heavy atom. The standard InChI is InChI=1S/C25H25N3O3S2/c1-3-19(29)24(30)23-25(31)27-12-13-32-15-21(27)28(26(23)2)22-17-9-5-4-8-16(17)14-33-20-11-7-6-10-18(20)22/h3-11,21-22,30H,1,12-15H2,2H3/b24-23+/t21-,22+/m1/s1. The first-order valence-electron chi connectivity index (χ1n) is 10.8. The molecule has 33 heavy (non-hydrogen) atoms. The van der Waals surface area contributed by atoms with Gasteiger partial charge in [0, 0.05) is 35.7 Å². The number of thioether (sulfide) groups is 2. The molecule has 1 amide bonds. The summed E-state index contributed by atoms with van der Waals surface area (Å²) in [6.45, 7) is 4.04. The van der Waals surface area contributed by atoms with E-state index in [4.69, 9.17) is 0 Å². The SMILES string of the molecule is C=CC(=O)/C(O)=C1/C(=O)N2CCSC[C@H]2N([C@H]2c3ccccc3CSc3ccccc32)N1C. The molecule has 0 aromatic heterocycles. The Hall–Kier alpha value is -2.68. The summed E-state index contributed by atoms with van der Waals surface area (Å²) in [6, 6.07) is 16.6. The highest BCUT2D eigenvalue weighted by Crippen LogP contribution is 2.46. The largest absolute Gasteiger partial charge is 0.503 e. The second-order valence-electron chi connectivity index (χ2n) is 8.15. The zero-order chi connectivity index (χ0) is 23.1. The van der Waals surface area contributed by atoms with E-state index >= 15 is 0 Å². The maximum Gasteiger partial charge on any atom is 0.276 e. The van der Waals surface area contributed by atoms with Gasteiger partial charge in [-0.1, -0.05) is 49.0 Å². The molecule has 3 heterocycles. The number of likely N-dealkylation sites (N-methyl/N-ethyl adjacent to an activating group) is 1. The quantitative estimate of drug-likeness (QED) is 0.528. The molecule has 3 aliphatic heterocycles. The van der Waals surface area contributed by atoms with Crippen molar-refractivity contribution < 1.29 is 14.7 Å². The van der Waals surface area contributed by atoms with Crippen molar-refractivity contribution in [1.82, 2.24) is 14.9 Å². The summed E-state index contributed by atoms with van der Waals surface area (Å²) in [5.74, 6) is 0.865. The number of aliphatic hydroxyl groups is 1. The molecule has 0 radical (unpaired) electrons. The Kier molecular flexibility index (Phi) is 5.99.